The first-order chi connectivity index (χ1) is 14.9. The van der Waals surface area contributed by atoms with Crippen LogP contribution in [0, 0.1) is 5.82 Å². The van der Waals surface area contributed by atoms with Gasteiger partial charge in [0.2, 0.25) is 5.78 Å². The molecule has 0 aliphatic rings. The van der Waals surface area contributed by atoms with Crippen LogP contribution in [-0.4, -0.2) is 28.5 Å². The van der Waals surface area contributed by atoms with Gasteiger partial charge in [0.1, 0.15) is 11.3 Å². The highest BCUT2D eigenvalue weighted by Gasteiger charge is 2.20. The Morgan fingerprint density at radius 1 is 1.00 bits per heavy atom. The third-order valence-electron chi connectivity index (χ3n) is 5.09. The molecule has 0 bridgehead atoms. The maximum absolute atomic E-state index is 14.2. The van der Waals surface area contributed by atoms with Crippen molar-refractivity contribution in [2.45, 2.75) is 13.1 Å². The van der Waals surface area contributed by atoms with E-state index in [2.05, 4.69) is 10.2 Å². The molecule has 0 saturated heterocycles. The van der Waals surface area contributed by atoms with Crippen molar-refractivity contribution in [3.8, 4) is 0 Å². The number of aryl methyl sites for hydroxylation is 1. The Labute approximate surface area is 179 Å². The second-order valence-corrected chi connectivity index (χ2v) is 7.66. The van der Waals surface area contributed by atoms with Gasteiger partial charge in [-0.05, 0) is 23.8 Å². The Morgan fingerprint density at radius 2 is 1.74 bits per heavy atom. The normalized spacial score (nSPS) is 11.6. The van der Waals surface area contributed by atoms with Gasteiger partial charge in [-0.1, -0.05) is 41.9 Å². The quantitative estimate of drug-likeness (QED) is 0.431. The molecule has 2 aromatic carbocycles. The van der Waals surface area contributed by atoms with Gasteiger partial charge in [-0.15, -0.1) is 5.10 Å². The highest BCUT2D eigenvalue weighted by atomic mass is 35.5. The van der Waals surface area contributed by atoms with E-state index in [0.717, 1.165) is 10.2 Å². The summed E-state index contributed by atoms with van der Waals surface area (Å²) < 4.78 is 19.5. The third kappa shape index (κ3) is 3.23. The summed E-state index contributed by atoms with van der Waals surface area (Å²) in [4.78, 5) is 26.4. The molecule has 10 heteroatoms. The predicted molar refractivity (Wildman–Crippen MR) is 114 cm³/mol. The van der Waals surface area contributed by atoms with Gasteiger partial charge in [-0.3, -0.25) is 14.0 Å². The molecule has 3 heterocycles. The number of fused-ring (bicyclic) bond motifs is 3. The van der Waals surface area contributed by atoms with Crippen molar-refractivity contribution in [1.29, 1.82) is 0 Å². The van der Waals surface area contributed by atoms with Crippen molar-refractivity contribution in [3.63, 3.8) is 0 Å². The van der Waals surface area contributed by atoms with Crippen LogP contribution >= 0.6 is 11.6 Å². The molecule has 0 atom stereocenters. The minimum atomic E-state index is -0.485. The van der Waals surface area contributed by atoms with Gasteiger partial charge in [-0.2, -0.15) is 5.10 Å². The Bertz CT molecular complexity index is 1560. The van der Waals surface area contributed by atoms with E-state index in [1.807, 2.05) is 0 Å². The minimum Gasteiger partial charge on any atom is -0.273 e. The lowest BCUT2D eigenvalue weighted by Gasteiger charge is -2.07. The molecular formula is C21H16ClFN6O2. The topological polar surface area (TPSA) is 79.1 Å². The fourth-order valence-electron chi connectivity index (χ4n) is 3.60. The summed E-state index contributed by atoms with van der Waals surface area (Å²) in [6, 6.07) is 13.2. The monoisotopic (exact) mass is 438 g/mol. The zero-order chi connectivity index (χ0) is 21.7. The molecule has 156 valence electrons. The highest BCUT2D eigenvalue weighted by Crippen LogP contribution is 2.14. The summed E-state index contributed by atoms with van der Waals surface area (Å²) in [5.74, 6) is -0.279. The molecule has 0 spiro atoms. The van der Waals surface area contributed by atoms with Gasteiger partial charge in [0.15, 0.2) is 5.52 Å². The second kappa shape index (κ2) is 7.21. The van der Waals surface area contributed by atoms with Crippen LogP contribution < -0.4 is 11.2 Å². The first kappa shape index (κ1) is 19.3. The lowest BCUT2D eigenvalue weighted by molar-refractivity contribution is 0.577. The van der Waals surface area contributed by atoms with Crippen molar-refractivity contribution in [2.24, 2.45) is 7.05 Å². The average molecular weight is 439 g/mol. The number of hydrogen-bond donors (Lipinski definition) is 0. The van der Waals surface area contributed by atoms with Gasteiger partial charge >= 0.3 is 5.69 Å². The van der Waals surface area contributed by atoms with Gasteiger partial charge < -0.3 is 0 Å². The summed E-state index contributed by atoms with van der Waals surface area (Å²) in [5.41, 5.74) is 0.764. The molecule has 0 unspecified atom stereocenters. The SMILES string of the molecule is Cn1cc2c(n1)c(=O)n(Cc1ccc(Cl)cc1)c1nn(Cc3ccccc3F)c(=O)n21. The maximum Gasteiger partial charge on any atom is 0.352 e. The third-order valence-corrected chi connectivity index (χ3v) is 5.35. The molecule has 0 radical (unpaired) electrons. The summed E-state index contributed by atoms with van der Waals surface area (Å²) in [6.07, 6.45) is 1.59. The van der Waals surface area contributed by atoms with E-state index in [0.29, 0.717) is 16.1 Å². The van der Waals surface area contributed by atoms with Crippen LogP contribution in [0.25, 0.3) is 16.8 Å². The molecule has 3 aromatic heterocycles. The first-order valence-electron chi connectivity index (χ1n) is 9.46. The molecule has 8 nitrogen and oxygen atoms in total. The van der Waals surface area contributed by atoms with Crippen LogP contribution in [0.1, 0.15) is 11.1 Å². The van der Waals surface area contributed by atoms with E-state index in [1.165, 1.54) is 19.7 Å². The molecule has 5 rings (SSSR count). The van der Waals surface area contributed by atoms with Crippen molar-refractivity contribution in [3.05, 3.63) is 97.5 Å². The fraction of sp³-hybridized carbons (Fsp3) is 0.143. The van der Waals surface area contributed by atoms with E-state index in [-0.39, 0.29) is 29.9 Å². The van der Waals surface area contributed by atoms with E-state index >= 15 is 0 Å². The second-order valence-electron chi connectivity index (χ2n) is 7.22. The van der Waals surface area contributed by atoms with Gasteiger partial charge in [0.05, 0.1) is 13.1 Å². The van der Waals surface area contributed by atoms with Crippen LogP contribution in [0.3, 0.4) is 0 Å². The standard InChI is InChI=1S/C21H16ClFN6O2/c1-26-12-17-18(24-26)19(30)27(10-13-6-8-15(22)9-7-13)20-25-28(21(31)29(17)20)11-14-4-2-3-5-16(14)23/h2-9,12H,10-11H2,1H3. The Hall–Kier alpha value is -3.72. The van der Waals surface area contributed by atoms with E-state index in [1.54, 1.807) is 55.7 Å². The molecule has 0 aliphatic carbocycles. The molecular weight excluding hydrogens is 423 g/mol. The Balaban J connectivity index is 1.76. The van der Waals surface area contributed by atoms with Crippen LogP contribution in [0.15, 0.2) is 64.3 Å². The zero-order valence-electron chi connectivity index (χ0n) is 16.4. The molecule has 0 saturated carbocycles. The predicted octanol–water partition coefficient (Wildman–Crippen LogP) is 2.43. The number of aromatic nitrogens is 6. The van der Waals surface area contributed by atoms with Crippen molar-refractivity contribution in [1.82, 2.24) is 28.5 Å². The van der Waals surface area contributed by atoms with E-state index in [4.69, 9.17) is 11.6 Å². The van der Waals surface area contributed by atoms with Crippen molar-refractivity contribution >= 4 is 28.4 Å². The van der Waals surface area contributed by atoms with Crippen molar-refractivity contribution in [2.75, 3.05) is 0 Å². The smallest absolute Gasteiger partial charge is 0.273 e. The van der Waals surface area contributed by atoms with Crippen LogP contribution in [0.2, 0.25) is 5.02 Å². The fourth-order valence-corrected chi connectivity index (χ4v) is 3.72. The highest BCUT2D eigenvalue weighted by molar-refractivity contribution is 6.30. The maximum atomic E-state index is 14.2. The van der Waals surface area contributed by atoms with Gasteiger partial charge in [0, 0.05) is 23.8 Å². The van der Waals surface area contributed by atoms with E-state index in [9.17, 15) is 14.0 Å². The largest absolute Gasteiger partial charge is 0.352 e. The number of rotatable bonds is 4. The average Bonchev–Trinajstić information content (AvgIpc) is 3.28. The van der Waals surface area contributed by atoms with Crippen molar-refractivity contribution < 1.29 is 4.39 Å². The molecule has 5 aromatic rings. The Kier molecular flexibility index (Phi) is 4.48. The minimum absolute atomic E-state index is 0.0654. The summed E-state index contributed by atoms with van der Waals surface area (Å²) in [6.45, 7) is 0.103. The number of hydrogen-bond acceptors (Lipinski definition) is 4. The zero-order valence-corrected chi connectivity index (χ0v) is 17.1. The Morgan fingerprint density at radius 3 is 2.48 bits per heavy atom. The molecule has 0 fully saturated rings. The first-order valence-corrected chi connectivity index (χ1v) is 9.84. The van der Waals surface area contributed by atoms with Crippen LogP contribution in [0.5, 0.6) is 0 Å². The summed E-state index contributed by atoms with van der Waals surface area (Å²) in [7, 11) is 1.67. The molecule has 0 aliphatic heterocycles. The van der Waals surface area contributed by atoms with E-state index < -0.39 is 11.5 Å². The number of halogens is 2. The molecule has 31 heavy (non-hydrogen) atoms. The summed E-state index contributed by atoms with van der Waals surface area (Å²) >= 11 is 5.96. The molecule has 0 N–H and O–H groups in total. The van der Waals surface area contributed by atoms with Crippen LogP contribution in [-0.2, 0) is 20.1 Å². The lowest BCUT2D eigenvalue weighted by atomic mass is 10.2. The summed E-state index contributed by atoms with van der Waals surface area (Å²) in [5, 5.41) is 9.19. The van der Waals surface area contributed by atoms with Gasteiger partial charge in [-0.25, -0.2) is 18.3 Å². The van der Waals surface area contributed by atoms with Crippen LogP contribution in [0.4, 0.5) is 4.39 Å². The number of benzene rings is 2. The number of nitrogens with zero attached hydrogens (tertiary/aromatic N) is 6. The van der Waals surface area contributed by atoms with Gasteiger partial charge in [0.25, 0.3) is 5.56 Å². The lowest BCUT2D eigenvalue weighted by Crippen LogP contribution is -2.26. The molecule has 0 amide bonds.